The minimum absolute atomic E-state index is 0.0660. The Kier molecular flexibility index (Phi) is 4.80. The molecule has 1 heterocycles. The minimum Gasteiger partial charge on any atom is -0.358 e. The third-order valence-corrected chi connectivity index (χ3v) is 4.24. The Morgan fingerprint density at radius 2 is 2.25 bits per heavy atom. The first-order valence-electron chi connectivity index (χ1n) is 5.16. The number of thiazole rings is 1. The number of nitrogens with one attached hydrogen (secondary N) is 1. The van der Waals surface area contributed by atoms with Crippen LogP contribution < -0.4 is 5.32 Å². The van der Waals surface area contributed by atoms with E-state index in [2.05, 4.69) is 36.5 Å². The van der Waals surface area contributed by atoms with Crippen molar-refractivity contribution in [3.63, 3.8) is 0 Å². The highest BCUT2D eigenvalue weighted by Gasteiger charge is 2.17. The largest absolute Gasteiger partial charge is 0.358 e. The fraction of sp³-hybridized carbons (Fsp3) is 0.636. The second kappa shape index (κ2) is 5.68. The third-order valence-electron chi connectivity index (χ3n) is 1.96. The van der Waals surface area contributed by atoms with Gasteiger partial charge in [-0.3, -0.25) is 4.79 Å². The second-order valence-corrected chi connectivity index (χ2v) is 6.40. The van der Waals surface area contributed by atoms with Gasteiger partial charge in [-0.25, -0.2) is 4.98 Å². The summed E-state index contributed by atoms with van der Waals surface area (Å²) in [5.74, 6) is 1.37. The summed E-state index contributed by atoms with van der Waals surface area (Å²) < 4.78 is 0. The first-order valence-corrected chi connectivity index (χ1v) is 7.20. The maximum atomic E-state index is 11.0. The lowest BCUT2D eigenvalue weighted by Gasteiger charge is -2.13. The number of carbonyl (C=O) groups excluding carboxylic acids is 1. The van der Waals surface area contributed by atoms with Crippen LogP contribution in [0.15, 0.2) is 5.38 Å². The van der Waals surface area contributed by atoms with Gasteiger partial charge in [-0.2, -0.15) is 0 Å². The molecule has 1 rings (SSSR count). The molecule has 3 nitrogen and oxygen atoms in total. The van der Waals surface area contributed by atoms with Crippen LogP contribution in [-0.4, -0.2) is 23.7 Å². The van der Waals surface area contributed by atoms with Crippen LogP contribution in [0.25, 0.3) is 0 Å². The summed E-state index contributed by atoms with van der Waals surface area (Å²) in [6, 6.07) is 0. The zero-order chi connectivity index (χ0) is 12.2. The van der Waals surface area contributed by atoms with Gasteiger partial charge in [-0.1, -0.05) is 20.8 Å². The monoisotopic (exact) mass is 258 g/mol. The van der Waals surface area contributed by atoms with Crippen LogP contribution in [0.5, 0.6) is 0 Å². The lowest BCUT2D eigenvalue weighted by atomic mass is 9.98. The Labute approximate surface area is 105 Å². The van der Waals surface area contributed by atoms with Crippen molar-refractivity contribution in [1.82, 2.24) is 10.3 Å². The zero-order valence-electron chi connectivity index (χ0n) is 10.2. The molecule has 1 aromatic rings. The predicted molar refractivity (Wildman–Crippen MR) is 71.0 cm³/mol. The first kappa shape index (κ1) is 13.5. The van der Waals surface area contributed by atoms with Crippen molar-refractivity contribution in [2.24, 2.45) is 0 Å². The molecule has 90 valence electrons. The van der Waals surface area contributed by atoms with Gasteiger partial charge in [0.1, 0.15) is 0 Å². The van der Waals surface area contributed by atoms with Gasteiger partial charge >= 0.3 is 0 Å². The average molecular weight is 258 g/mol. The highest BCUT2D eigenvalue weighted by molar-refractivity contribution is 7.99. The Morgan fingerprint density at radius 3 is 2.75 bits per heavy atom. The zero-order valence-corrected chi connectivity index (χ0v) is 11.8. The molecular weight excluding hydrogens is 240 g/mol. The number of thioether (sulfide) groups is 1. The summed E-state index contributed by atoms with van der Waals surface area (Å²) >= 11 is 3.29. The molecule has 0 saturated heterocycles. The Bertz CT molecular complexity index is 355. The summed E-state index contributed by atoms with van der Waals surface area (Å²) in [7, 11) is 1.66. The standard InChI is InChI=1S/C11H18N2OS2/c1-11(2,3)10-13-8(6-16-10)5-15-7-9(14)12-4/h6H,5,7H2,1-4H3,(H,12,14). The number of carbonyl (C=O) groups is 1. The summed E-state index contributed by atoms with van der Waals surface area (Å²) in [4.78, 5) is 15.6. The molecule has 5 heteroatoms. The number of hydrogen-bond donors (Lipinski definition) is 1. The van der Waals surface area contributed by atoms with Crippen LogP contribution in [-0.2, 0) is 16.0 Å². The van der Waals surface area contributed by atoms with Gasteiger partial charge in [0.25, 0.3) is 0 Å². The smallest absolute Gasteiger partial charge is 0.229 e. The molecule has 0 aliphatic heterocycles. The van der Waals surface area contributed by atoms with Crippen LogP contribution in [0.1, 0.15) is 31.5 Å². The van der Waals surface area contributed by atoms with Crippen LogP contribution in [0.2, 0.25) is 0 Å². The fourth-order valence-electron chi connectivity index (χ4n) is 1.04. The van der Waals surface area contributed by atoms with Crippen LogP contribution in [0, 0.1) is 0 Å². The van der Waals surface area contributed by atoms with Gasteiger partial charge in [0.15, 0.2) is 0 Å². The molecule has 0 radical (unpaired) electrons. The van der Waals surface area contributed by atoms with Crippen molar-refractivity contribution in [2.75, 3.05) is 12.8 Å². The molecule has 0 spiro atoms. The van der Waals surface area contributed by atoms with E-state index in [9.17, 15) is 4.79 Å². The summed E-state index contributed by atoms with van der Waals surface area (Å²) in [6.07, 6.45) is 0. The summed E-state index contributed by atoms with van der Waals surface area (Å²) in [5.41, 5.74) is 1.19. The van der Waals surface area contributed by atoms with Crippen LogP contribution in [0.4, 0.5) is 0 Å². The molecule has 1 amide bonds. The molecule has 0 aliphatic carbocycles. The van der Waals surface area contributed by atoms with E-state index in [0.29, 0.717) is 5.75 Å². The highest BCUT2D eigenvalue weighted by Crippen LogP contribution is 2.26. The van der Waals surface area contributed by atoms with E-state index in [1.54, 1.807) is 30.1 Å². The van der Waals surface area contributed by atoms with E-state index in [1.165, 1.54) is 0 Å². The number of amides is 1. The summed E-state index contributed by atoms with van der Waals surface area (Å²) in [6.45, 7) is 6.48. The number of aromatic nitrogens is 1. The van der Waals surface area contributed by atoms with Gasteiger partial charge in [0.05, 0.1) is 16.5 Å². The van der Waals surface area contributed by atoms with Crippen LogP contribution >= 0.6 is 23.1 Å². The van der Waals surface area contributed by atoms with E-state index in [1.807, 2.05) is 0 Å². The van der Waals surface area contributed by atoms with E-state index in [4.69, 9.17) is 0 Å². The molecule has 0 aromatic carbocycles. The lowest BCUT2D eigenvalue weighted by molar-refractivity contribution is -0.118. The first-order chi connectivity index (χ1) is 7.43. The van der Waals surface area contributed by atoms with Crippen molar-refractivity contribution in [3.8, 4) is 0 Å². The van der Waals surface area contributed by atoms with Crippen molar-refractivity contribution >= 4 is 29.0 Å². The van der Waals surface area contributed by atoms with Gasteiger partial charge in [-0.05, 0) is 0 Å². The van der Waals surface area contributed by atoms with E-state index in [0.717, 1.165) is 16.5 Å². The maximum Gasteiger partial charge on any atom is 0.229 e. The van der Waals surface area contributed by atoms with E-state index < -0.39 is 0 Å². The number of nitrogens with zero attached hydrogens (tertiary/aromatic N) is 1. The average Bonchev–Trinajstić information content (AvgIpc) is 2.65. The molecule has 0 unspecified atom stereocenters. The highest BCUT2D eigenvalue weighted by atomic mass is 32.2. The van der Waals surface area contributed by atoms with Crippen molar-refractivity contribution in [1.29, 1.82) is 0 Å². The van der Waals surface area contributed by atoms with E-state index >= 15 is 0 Å². The van der Waals surface area contributed by atoms with E-state index in [-0.39, 0.29) is 11.3 Å². The SMILES string of the molecule is CNC(=O)CSCc1csc(C(C)(C)C)n1. The van der Waals surface area contributed by atoms with Crippen LogP contribution in [0.3, 0.4) is 0 Å². The van der Waals surface area contributed by atoms with Crippen molar-refractivity contribution in [2.45, 2.75) is 31.9 Å². The second-order valence-electron chi connectivity index (χ2n) is 4.56. The molecule has 16 heavy (non-hydrogen) atoms. The topological polar surface area (TPSA) is 42.0 Å². The number of rotatable bonds is 4. The Hall–Kier alpha value is -0.550. The van der Waals surface area contributed by atoms with Gasteiger partial charge < -0.3 is 5.32 Å². The van der Waals surface area contributed by atoms with Crippen molar-refractivity contribution < 1.29 is 4.79 Å². The lowest BCUT2D eigenvalue weighted by Crippen LogP contribution is -2.19. The summed E-state index contributed by atoms with van der Waals surface area (Å²) in [5, 5.41) is 5.84. The third kappa shape index (κ3) is 4.14. The normalized spacial score (nSPS) is 11.5. The van der Waals surface area contributed by atoms with Crippen molar-refractivity contribution in [3.05, 3.63) is 16.1 Å². The molecule has 0 atom stereocenters. The van der Waals surface area contributed by atoms with Gasteiger partial charge in [0.2, 0.25) is 5.91 Å². The molecular formula is C11H18N2OS2. The molecule has 0 fully saturated rings. The molecule has 0 aliphatic rings. The Morgan fingerprint density at radius 1 is 1.56 bits per heavy atom. The molecule has 1 aromatic heterocycles. The molecule has 0 bridgehead atoms. The number of hydrogen-bond acceptors (Lipinski definition) is 4. The minimum atomic E-state index is 0.0660. The quantitative estimate of drug-likeness (QED) is 0.902. The maximum absolute atomic E-state index is 11.0. The Balaban J connectivity index is 2.44. The van der Waals surface area contributed by atoms with Gasteiger partial charge in [0, 0.05) is 23.6 Å². The molecule has 1 N–H and O–H groups in total. The predicted octanol–water partition coefficient (Wildman–Crippen LogP) is 2.42. The van der Waals surface area contributed by atoms with Gasteiger partial charge in [-0.15, -0.1) is 23.1 Å². The fourth-order valence-corrected chi connectivity index (χ4v) is 2.84. The molecule has 0 saturated carbocycles.